The van der Waals surface area contributed by atoms with Crippen molar-refractivity contribution in [2.24, 2.45) is 0 Å². The molecule has 22 heavy (non-hydrogen) atoms. The zero-order chi connectivity index (χ0) is 15.5. The monoisotopic (exact) mass is 296 g/mol. The molecule has 2 aromatic rings. The lowest BCUT2D eigenvalue weighted by Gasteiger charge is -2.05. The van der Waals surface area contributed by atoms with E-state index < -0.39 is 0 Å². The summed E-state index contributed by atoms with van der Waals surface area (Å²) in [5, 5.41) is 0. The molecule has 0 fully saturated rings. The number of aryl methyl sites for hydroxylation is 2. The summed E-state index contributed by atoms with van der Waals surface area (Å²) >= 11 is 0. The highest BCUT2D eigenvalue weighted by molar-refractivity contribution is 5.69. The predicted octanol–water partition coefficient (Wildman–Crippen LogP) is 4.58. The highest BCUT2D eigenvalue weighted by Gasteiger charge is 2.03. The standard InChI is InChI=1S/C20H24O2/c21-20(16-8-7-14-18-10-3-1-4-11-18)22-17-9-15-19-12-5-2-6-13-19/h1-6,10-13H,7-9,14-17H2. The minimum absolute atomic E-state index is 0.0684. The molecule has 0 N–H and O–H groups in total. The average molecular weight is 296 g/mol. The molecule has 0 aliphatic rings. The fraction of sp³-hybridized carbons (Fsp3) is 0.350. The van der Waals surface area contributed by atoms with Crippen molar-refractivity contribution in [1.82, 2.24) is 0 Å². The Hall–Kier alpha value is -2.09. The Morgan fingerprint density at radius 2 is 1.27 bits per heavy atom. The van der Waals surface area contributed by atoms with Gasteiger partial charge in [0, 0.05) is 6.42 Å². The van der Waals surface area contributed by atoms with Crippen LogP contribution in [-0.4, -0.2) is 12.6 Å². The zero-order valence-electron chi connectivity index (χ0n) is 13.0. The van der Waals surface area contributed by atoms with E-state index in [1.165, 1.54) is 11.1 Å². The minimum Gasteiger partial charge on any atom is -0.466 e. The number of ether oxygens (including phenoxy) is 1. The van der Waals surface area contributed by atoms with Crippen LogP contribution in [0.3, 0.4) is 0 Å². The van der Waals surface area contributed by atoms with E-state index in [9.17, 15) is 4.79 Å². The summed E-state index contributed by atoms with van der Waals surface area (Å²) in [5.41, 5.74) is 2.63. The van der Waals surface area contributed by atoms with Gasteiger partial charge in [0.05, 0.1) is 6.61 Å². The fourth-order valence-electron chi connectivity index (χ4n) is 2.42. The van der Waals surface area contributed by atoms with Crippen LogP contribution in [0.5, 0.6) is 0 Å². The third-order valence-corrected chi connectivity index (χ3v) is 3.65. The van der Waals surface area contributed by atoms with Gasteiger partial charge in [-0.05, 0) is 43.2 Å². The summed E-state index contributed by atoms with van der Waals surface area (Å²) in [5.74, 6) is -0.0684. The number of hydrogen-bond acceptors (Lipinski definition) is 2. The summed E-state index contributed by atoms with van der Waals surface area (Å²) in [6.07, 6.45) is 5.33. The Bertz CT molecular complexity index is 485. The zero-order valence-corrected chi connectivity index (χ0v) is 13.0. The first-order chi connectivity index (χ1) is 10.8. The fourth-order valence-corrected chi connectivity index (χ4v) is 2.42. The third kappa shape index (κ3) is 6.57. The Balaban J connectivity index is 1.49. The second-order valence-corrected chi connectivity index (χ2v) is 5.50. The van der Waals surface area contributed by atoms with Crippen molar-refractivity contribution in [3.63, 3.8) is 0 Å². The quantitative estimate of drug-likeness (QED) is 0.500. The lowest BCUT2D eigenvalue weighted by atomic mass is 10.1. The molecule has 0 aliphatic heterocycles. The van der Waals surface area contributed by atoms with Crippen LogP contribution in [0.1, 0.15) is 36.8 Å². The van der Waals surface area contributed by atoms with Crippen molar-refractivity contribution < 1.29 is 9.53 Å². The molecule has 0 saturated heterocycles. The van der Waals surface area contributed by atoms with Crippen LogP contribution >= 0.6 is 0 Å². The lowest BCUT2D eigenvalue weighted by Crippen LogP contribution is -2.06. The topological polar surface area (TPSA) is 26.3 Å². The Labute approximate surface area is 133 Å². The maximum Gasteiger partial charge on any atom is 0.305 e. The number of unbranched alkanes of at least 4 members (excludes halogenated alkanes) is 1. The molecular weight excluding hydrogens is 272 g/mol. The van der Waals surface area contributed by atoms with Crippen molar-refractivity contribution in [2.45, 2.75) is 38.5 Å². The van der Waals surface area contributed by atoms with Crippen LogP contribution in [0.4, 0.5) is 0 Å². The van der Waals surface area contributed by atoms with Gasteiger partial charge in [0.2, 0.25) is 0 Å². The van der Waals surface area contributed by atoms with E-state index in [-0.39, 0.29) is 5.97 Å². The Kier molecular flexibility index (Phi) is 7.24. The van der Waals surface area contributed by atoms with E-state index in [0.29, 0.717) is 13.0 Å². The van der Waals surface area contributed by atoms with E-state index in [4.69, 9.17) is 4.74 Å². The van der Waals surface area contributed by atoms with Gasteiger partial charge in [0.25, 0.3) is 0 Å². The normalized spacial score (nSPS) is 10.4. The summed E-state index contributed by atoms with van der Waals surface area (Å²) in [7, 11) is 0. The molecule has 0 atom stereocenters. The highest BCUT2D eigenvalue weighted by Crippen LogP contribution is 2.07. The van der Waals surface area contributed by atoms with E-state index in [1.54, 1.807) is 0 Å². The SMILES string of the molecule is O=C(CCCCc1ccccc1)OCCCc1ccccc1. The molecule has 0 radical (unpaired) electrons. The number of benzene rings is 2. The van der Waals surface area contributed by atoms with Gasteiger partial charge in [-0.25, -0.2) is 0 Å². The lowest BCUT2D eigenvalue weighted by molar-refractivity contribution is -0.143. The minimum atomic E-state index is -0.0684. The van der Waals surface area contributed by atoms with E-state index in [0.717, 1.165) is 32.1 Å². The molecule has 2 aromatic carbocycles. The van der Waals surface area contributed by atoms with Gasteiger partial charge >= 0.3 is 5.97 Å². The van der Waals surface area contributed by atoms with Crippen molar-refractivity contribution in [2.75, 3.05) is 6.61 Å². The summed E-state index contributed by atoms with van der Waals surface area (Å²) in [6, 6.07) is 20.7. The van der Waals surface area contributed by atoms with Crippen molar-refractivity contribution >= 4 is 5.97 Å². The van der Waals surface area contributed by atoms with Crippen molar-refractivity contribution in [1.29, 1.82) is 0 Å². The maximum absolute atomic E-state index is 11.6. The Morgan fingerprint density at radius 1 is 0.727 bits per heavy atom. The summed E-state index contributed by atoms with van der Waals surface area (Å²) < 4.78 is 5.28. The van der Waals surface area contributed by atoms with E-state index in [2.05, 4.69) is 36.4 Å². The second-order valence-electron chi connectivity index (χ2n) is 5.50. The Morgan fingerprint density at radius 3 is 1.86 bits per heavy atom. The molecule has 2 rings (SSSR count). The molecule has 0 saturated carbocycles. The smallest absolute Gasteiger partial charge is 0.305 e. The molecule has 2 nitrogen and oxygen atoms in total. The first-order valence-electron chi connectivity index (χ1n) is 8.08. The molecule has 0 heterocycles. The molecule has 0 amide bonds. The molecule has 116 valence electrons. The molecule has 0 aromatic heterocycles. The van der Waals surface area contributed by atoms with E-state index in [1.807, 2.05) is 24.3 Å². The van der Waals surface area contributed by atoms with Crippen LogP contribution in [-0.2, 0) is 22.4 Å². The number of hydrogen-bond donors (Lipinski definition) is 0. The van der Waals surface area contributed by atoms with Crippen LogP contribution in [0, 0.1) is 0 Å². The molecule has 0 bridgehead atoms. The first-order valence-corrected chi connectivity index (χ1v) is 8.08. The van der Waals surface area contributed by atoms with Gasteiger partial charge in [0.1, 0.15) is 0 Å². The maximum atomic E-state index is 11.6. The largest absolute Gasteiger partial charge is 0.466 e. The number of esters is 1. The number of rotatable bonds is 9. The summed E-state index contributed by atoms with van der Waals surface area (Å²) in [4.78, 5) is 11.6. The van der Waals surface area contributed by atoms with Crippen LogP contribution in [0.15, 0.2) is 60.7 Å². The average Bonchev–Trinajstić information content (AvgIpc) is 2.57. The second kappa shape index (κ2) is 9.78. The molecular formula is C20H24O2. The van der Waals surface area contributed by atoms with Crippen LogP contribution in [0.25, 0.3) is 0 Å². The highest BCUT2D eigenvalue weighted by atomic mass is 16.5. The van der Waals surface area contributed by atoms with Crippen LogP contribution in [0.2, 0.25) is 0 Å². The summed E-state index contributed by atoms with van der Waals surface area (Å²) in [6.45, 7) is 0.520. The van der Waals surface area contributed by atoms with Gasteiger partial charge in [-0.1, -0.05) is 60.7 Å². The van der Waals surface area contributed by atoms with Gasteiger partial charge in [-0.2, -0.15) is 0 Å². The van der Waals surface area contributed by atoms with Crippen LogP contribution < -0.4 is 0 Å². The number of carbonyl (C=O) groups is 1. The third-order valence-electron chi connectivity index (χ3n) is 3.65. The molecule has 0 unspecified atom stereocenters. The van der Waals surface area contributed by atoms with E-state index >= 15 is 0 Å². The van der Waals surface area contributed by atoms with Gasteiger partial charge in [-0.15, -0.1) is 0 Å². The van der Waals surface area contributed by atoms with Gasteiger partial charge in [0.15, 0.2) is 0 Å². The van der Waals surface area contributed by atoms with Gasteiger partial charge in [-0.3, -0.25) is 4.79 Å². The molecule has 0 aliphatic carbocycles. The molecule has 0 spiro atoms. The predicted molar refractivity (Wildman–Crippen MR) is 89.7 cm³/mol. The number of carbonyl (C=O) groups excluding carboxylic acids is 1. The molecule has 2 heteroatoms. The van der Waals surface area contributed by atoms with Crippen molar-refractivity contribution in [3.8, 4) is 0 Å². The first kappa shape index (κ1) is 16.3. The van der Waals surface area contributed by atoms with Crippen molar-refractivity contribution in [3.05, 3.63) is 71.8 Å². The van der Waals surface area contributed by atoms with Gasteiger partial charge < -0.3 is 4.74 Å².